The topological polar surface area (TPSA) is 66.9 Å². The van der Waals surface area contributed by atoms with E-state index in [-0.39, 0.29) is 30.7 Å². The third-order valence-electron chi connectivity index (χ3n) is 5.07. The minimum absolute atomic E-state index is 0.0497. The second-order valence-corrected chi connectivity index (χ2v) is 9.29. The zero-order chi connectivity index (χ0) is 22.0. The molecule has 0 spiro atoms. The normalized spacial score (nSPS) is 15.9. The monoisotopic (exact) mass is 546 g/mol. The number of carbonyl (C=O) groups excluding carboxylic acids is 3. The summed E-state index contributed by atoms with van der Waals surface area (Å²) in [5.74, 6) is -0.469. The number of benzene rings is 2. The number of hydrogen-bond donors (Lipinski definition) is 0. The minimum atomic E-state index is -0.868. The van der Waals surface area contributed by atoms with Crippen molar-refractivity contribution in [1.29, 1.82) is 0 Å². The molecule has 1 aliphatic rings. The highest BCUT2D eigenvalue weighted by molar-refractivity contribution is 14.1. The predicted molar refractivity (Wildman–Crippen MR) is 127 cm³/mol. The Morgan fingerprint density at radius 1 is 1.16 bits per heavy atom. The van der Waals surface area contributed by atoms with Crippen molar-refractivity contribution in [1.82, 2.24) is 4.90 Å². The second-order valence-electron chi connectivity index (χ2n) is 7.01. The molecule has 2 heterocycles. The van der Waals surface area contributed by atoms with Crippen LogP contribution >= 0.6 is 33.9 Å². The van der Waals surface area contributed by atoms with E-state index in [9.17, 15) is 14.4 Å². The Morgan fingerprint density at radius 3 is 2.61 bits per heavy atom. The number of hydrogen-bond acceptors (Lipinski definition) is 5. The maximum atomic E-state index is 13.5. The average Bonchev–Trinajstić information content (AvgIpc) is 3.40. The van der Waals surface area contributed by atoms with Gasteiger partial charge in [0.15, 0.2) is 0 Å². The molecular weight excluding hydrogens is 527 g/mol. The van der Waals surface area contributed by atoms with Crippen LogP contribution in [0.2, 0.25) is 0 Å². The Balaban J connectivity index is 1.68. The summed E-state index contributed by atoms with van der Waals surface area (Å²) >= 11 is 3.67. The Hall–Kier alpha value is -2.72. The summed E-state index contributed by atoms with van der Waals surface area (Å²) in [6.07, 6.45) is -0.0497. The van der Waals surface area contributed by atoms with Crippen LogP contribution in [-0.2, 0) is 16.1 Å². The van der Waals surface area contributed by atoms with Gasteiger partial charge < -0.3 is 9.64 Å². The van der Waals surface area contributed by atoms with Gasteiger partial charge in [0.2, 0.25) is 5.91 Å². The highest BCUT2D eigenvalue weighted by Gasteiger charge is 2.44. The number of rotatable bonds is 6. The summed E-state index contributed by atoms with van der Waals surface area (Å²) < 4.78 is 6.24. The van der Waals surface area contributed by atoms with Gasteiger partial charge in [0.1, 0.15) is 11.8 Å². The third-order valence-corrected chi connectivity index (χ3v) is 6.65. The van der Waals surface area contributed by atoms with Crippen molar-refractivity contribution in [3.05, 3.63) is 80.1 Å². The molecule has 0 aliphatic carbocycles. The van der Waals surface area contributed by atoms with Crippen LogP contribution in [0.3, 0.4) is 0 Å². The molecule has 3 aromatic rings. The minimum Gasteiger partial charge on any atom is -0.497 e. The van der Waals surface area contributed by atoms with E-state index in [2.05, 4.69) is 22.6 Å². The highest BCUT2D eigenvalue weighted by atomic mass is 127. The second kappa shape index (κ2) is 9.19. The van der Waals surface area contributed by atoms with Gasteiger partial charge in [0.05, 0.1) is 25.8 Å². The van der Waals surface area contributed by atoms with Crippen LogP contribution < -0.4 is 9.64 Å². The molecule has 31 heavy (non-hydrogen) atoms. The molecule has 1 saturated heterocycles. The van der Waals surface area contributed by atoms with Gasteiger partial charge in [0.25, 0.3) is 11.8 Å². The lowest BCUT2D eigenvalue weighted by Gasteiger charge is -2.27. The first kappa shape index (κ1) is 21.5. The van der Waals surface area contributed by atoms with Gasteiger partial charge in [-0.25, -0.2) is 4.90 Å². The number of anilines is 1. The summed E-state index contributed by atoms with van der Waals surface area (Å²) in [6, 6.07) is 16.9. The predicted octanol–water partition coefficient (Wildman–Crippen LogP) is 4.34. The number of carbonyl (C=O) groups is 3. The van der Waals surface area contributed by atoms with Gasteiger partial charge in [0, 0.05) is 14.0 Å². The number of thiophene rings is 1. The fraction of sp³-hybridized carbons (Fsp3) is 0.174. The molecule has 8 heteroatoms. The summed E-state index contributed by atoms with van der Waals surface area (Å²) in [4.78, 5) is 43.2. The molecule has 1 atom stereocenters. The van der Waals surface area contributed by atoms with Crippen molar-refractivity contribution < 1.29 is 19.1 Å². The molecule has 0 radical (unpaired) electrons. The van der Waals surface area contributed by atoms with Gasteiger partial charge in [-0.2, -0.15) is 0 Å². The molecule has 1 aromatic heterocycles. The smallest absolute Gasteiger partial charge is 0.257 e. The molecule has 2 aromatic carbocycles. The lowest BCUT2D eigenvalue weighted by molar-refractivity contribution is -0.122. The van der Waals surface area contributed by atoms with Crippen molar-refractivity contribution in [2.24, 2.45) is 0 Å². The molecule has 1 fully saturated rings. The van der Waals surface area contributed by atoms with Crippen LogP contribution in [0.1, 0.15) is 21.7 Å². The highest BCUT2D eigenvalue weighted by Crippen LogP contribution is 2.29. The molecule has 4 rings (SSSR count). The Labute approximate surface area is 197 Å². The average molecular weight is 546 g/mol. The maximum Gasteiger partial charge on any atom is 0.257 e. The third kappa shape index (κ3) is 4.49. The fourth-order valence-electron chi connectivity index (χ4n) is 3.54. The van der Waals surface area contributed by atoms with Crippen LogP contribution in [0.4, 0.5) is 5.69 Å². The van der Waals surface area contributed by atoms with Gasteiger partial charge in [-0.3, -0.25) is 14.4 Å². The number of ether oxygens (including phenoxy) is 1. The largest absolute Gasteiger partial charge is 0.497 e. The van der Waals surface area contributed by atoms with Crippen molar-refractivity contribution in [3.63, 3.8) is 0 Å². The van der Waals surface area contributed by atoms with Crippen LogP contribution in [0.25, 0.3) is 0 Å². The van der Waals surface area contributed by atoms with Crippen LogP contribution in [0, 0.1) is 3.57 Å². The van der Waals surface area contributed by atoms with E-state index in [1.165, 1.54) is 28.2 Å². The van der Waals surface area contributed by atoms with E-state index in [1.807, 2.05) is 29.6 Å². The fourth-order valence-corrected chi connectivity index (χ4v) is 4.60. The first-order chi connectivity index (χ1) is 15.0. The molecular formula is C23H19IN2O4S. The molecule has 6 nitrogen and oxygen atoms in total. The SMILES string of the molecule is COc1cccc(C(=O)N(Cc2cccs2)C2CC(=O)N(c3ccc(I)cc3)C2=O)c1. The number of imide groups is 1. The first-order valence-corrected chi connectivity index (χ1v) is 11.5. The van der Waals surface area contributed by atoms with E-state index in [0.717, 1.165) is 8.45 Å². The van der Waals surface area contributed by atoms with Crippen LogP contribution in [0.5, 0.6) is 5.75 Å². The Bertz CT molecular complexity index is 1110. The molecule has 1 unspecified atom stereocenters. The van der Waals surface area contributed by atoms with Crippen LogP contribution in [0.15, 0.2) is 66.0 Å². The maximum absolute atomic E-state index is 13.5. The first-order valence-electron chi connectivity index (χ1n) is 9.57. The van der Waals surface area contributed by atoms with E-state index in [1.54, 1.807) is 36.4 Å². The molecule has 3 amide bonds. The van der Waals surface area contributed by atoms with E-state index in [4.69, 9.17) is 4.74 Å². The zero-order valence-corrected chi connectivity index (χ0v) is 19.6. The van der Waals surface area contributed by atoms with Crippen molar-refractivity contribution in [2.75, 3.05) is 12.0 Å². The standard InChI is InChI=1S/C23H19IN2O4S/c1-30-18-5-2-4-15(12-18)22(28)25(14-19-6-3-11-31-19)20-13-21(27)26(23(20)29)17-9-7-16(24)8-10-17/h2-12,20H,13-14H2,1H3. The number of halogens is 1. The molecule has 1 aliphatic heterocycles. The number of methoxy groups -OCH3 is 1. The summed E-state index contributed by atoms with van der Waals surface area (Å²) in [5, 5.41) is 1.92. The Morgan fingerprint density at radius 2 is 1.94 bits per heavy atom. The molecule has 158 valence electrons. The summed E-state index contributed by atoms with van der Waals surface area (Å²) in [7, 11) is 1.53. The summed E-state index contributed by atoms with van der Waals surface area (Å²) in [6.45, 7) is 0.248. The van der Waals surface area contributed by atoms with Crippen molar-refractivity contribution >= 4 is 57.3 Å². The van der Waals surface area contributed by atoms with Gasteiger partial charge in [-0.1, -0.05) is 12.1 Å². The van der Waals surface area contributed by atoms with E-state index < -0.39 is 6.04 Å². The van der Waals surface area contributed by atoms with Gasteiger partial charge in [-0.05, 0) is 76.5 Å². The lowest BCUT2D eigenvalue weighted by Crippen LogP contribution is -2.45. The van der Waals surface area contributed by atoms with Crippen molar-refractivity contribution in [3.8, 4) is 5.75 Å². The number of amides is 3. The van der Waals surface area contributed by atoms with Gasteiger partial charge in [-0.15, -0.1) is 11.3 Å². The molecule has 0 bridgehead atoms. The van der Waals surface area contributed by atoms with E-state index >= 15 is 0 Å². The van der Waals surface area contributed by atoms with Crippen LogP contribution in [-0.4, -0.2) is 35.8 Å². The molecule has 0 saturated carbocycles. The van der Waals surface area contributed by atoms with Crippen molar-refractivity contribution in [2.45, 2.75) is 19.0 Å². The van der Waals surface area contributed by atoms with E-state index in [0.29, 0.717) is 17.0 Å². The zero-order valence-electron chi connectivity index (χ0n) is 16.7. The summed E-state index contributed by atoms with van der Waals surface area (Å²) in [5.41, 5.74) is 0.923. The van der Waals surface area contributed by atoms with Gasteiger partial charge >= 0.3 is 0 Å². The lowest BCUT2D eigenvalue weighted by atomic mass is 10.1. The number of nitrogens with zero attached hydrogens (tertiary/aromatic N) is 2. The molecule has 0 N–H and O–H groups in total. The Kier molecular flexibility index (Phi) is 6.38. The quantitative estimate of drug-likeness (QED) is 0.341.